The third-order valence-corrected chi connectivity index (χ3v) is 7.40. The van der Waals surface area contributed by atoms with Crippen LogP contribution in [0.4, 0.5) is 20.2 Å². The van der Waals surface area contributed by atoms with E-state index in [1.165, 1.54) is 24.3 Å². The van der Waals surface area contributed by atoms with E-state index in [0.717, 1.165) is 6.07 Å². The van der Waals surface area contributed by atoms with Crippen molar-refractivity contribution in [1.82, 2.24) is 0 Å². The summed E-state index contributed by atoms with van der Waals surface area (Å²) in [5, 5.41) is 27.1. The van der Waals surface area contributed by atoms with Crippen LogP contribution in [-0.4, -0.2) is 36.1 Å². The van der Waals surface area contributed by atoms with Gasteiger partial charge in [0.1, 0.15) is 11.6 Å². The van der Waals surface area contributed by atoms with E-state index < -0.39 is 45.0 Å². The second-order valence-electron chi connectivity index (χ2n) is 6.89. The number of aliphatic hydroxyl groups is 2. The zero-order chi connectivity index (χ0) is 20.7. The first-order chi connectivity index (χ1) is 13.1. The first-order valence-corrected chi connectivity index (χ1v) is 11.0. The fourth-order valence-corrected chi connectivity index (χ4v) is 5.28. The molecular weight excluding hydrogens is 505 g/mol. The molecule has 1 aliphatic carbocycles. The molecule has 28 heavy (non-hydrogen) atoms. The average molecular weight is 524 g/mol. The number of benzene rings is 2. The Morgan fingerprint density at radius 3 is 2.57 bits per heavy atom. The van der Waals surface area contributed by atoms with Gasteiger partial charge in [0.25, 0.3) is 0 Å². The summed E-state index contributed by atoms with van der Waals surface area (Å²) in [5.41, 5.74) is 0.775. The second-order valence-corrected chi connectivity index (χ2v) is 10.0. The van der Waals surface area contributed by atoms with E-state index >= 15 is 0 Å². The molecule has 0 bridgehead atoms. The molecular formula is C18H19F2IN2O4S. The van der Waals surface area contributed by atoms with Crippen molar-refractivity contribution in [3.63, 3.8) is 0 Å². The maximum atomic E-state index is 14.2. The van der Waals surface area contributed by atoms with E-state index in [4.69, 9.17) is 10.2 Å². The van der Waals surface area contributed by atoms with Crippen LogP contribution in [0.2, 0.25) is 0 Å². The van der Waals surface area contributed by atoms with Gasteiger partial charge in [-0.2, -0.15) is 0 Å². The van der Waals surface area contributed by atoms with Crippen molar-refractivity contribution >= 4 is 44.0 Å². The van der Waals surface area contributed by atoms with E-state index in [0.29, 0.717) is 9.13 Å². The Labute approximate surface area is 175 Å². The number of hydrogen-bond acceptors (Lipinski definition) is 5. The number of hydrogen-bond donors (Lipinski definition) is 4. The summed E-state index contributed by atoms with van der Waals surface area (Å²) in [6, 6.07) is 8.24. The fourth-order valence-electron chi connectivity index (χ4n) is 3.48. The highest BCUT2D eigenvalue weighted by molar-refractivity contribution is 14.1. The van der Waals surface area contributed by atoms with Gasteiger partial charge in [0.15, 0.2) is 0 Å². The van der Waals surface area contributed by atoms with E-state index in [-0.39, 0.29) is 24.2 Å². The van der Waals surface area contributed by atoms with Gasteiger partial charge in [-0.3, -0.25) is 0 Å². The molecule has 0 aromatic heterocycles. The molecule has 6 nitrogen and oxygen atoms in total. The predicted molar refractivity (Wildman–Crippen MR) is 110 cm³/mol. The standard InChI is InChI=1S/C18H19F2IN2O4S/c19-10-1-3-13(14-8-18(14,28(22,26)27)7-12(25)9-24)17(5-10)23-16-4-2-11(21)6-15(16)20/h1-6,12,14,23-25H,7-9H2,(H2,22,26,27). The zero-order valence-corrected chi connectivity index (χ0v) is 17.5. The van der Waals surface area contributed by atoms with Crippen LogP contribution in [0.5, 0.6) is 0 Å². The number of nitrogens with one attached hydrogen (secondary N) is 1. The number of halogens is 3. The quantitative estimate of drug-likeness (QED) is 0.416. The first-order valence-electron chi connectivity index (χ1n) is 8.40. The largest absolute Gasteiger partial charge is 0.394 e. The van der Waals surface area contributed by atoms with E-state index in [1.807, 2.05) is 22.6 Å². The van der Waals surface area contributed by atoms with Crippen LogP contribution >= 0.6 is 22.6 Å². The summed E-state index contributed by atoms with van der Waals surface area (Å²) in [6.45, 7) is -0.605. The highest BCUT2D eigenvalue weighted by Gasteiger charge is 2.64. The Kier molecular flexibility index (Phi) is 5.97. The van der Waals surface area contributed by atoms with Crippen molar-refractivity contribution < 1.29 is 27.4 Å². The molecule has 1 saturated carbocycles. The van der Waals surface area contributed by atoms with Crippen molar-refractivity contribution in [2.45, 2.75) is 29.6 Å². The van der Waals surface area contributed by atoms with E-state index in [2.05, 4.69) is 5.32 Å². The molecule has 1 aliphatic rings. The molecule has 3 rings (SSSR count). The summed E-state index contributed by atoms with van der Waals surface area (Å²) < 4.78 is 51.7. The lowest BCUT2D eigenvalue weighted by Crippen LogP contribution is -2.36. The normalized spacial score (nSPS) is 22.7. The fraction of sp³-hybridized carbons (Fsp3) is 0.333. The van der Waals surface area contributed by atoms with Crippen molar-refractivity contribution in [2.24, 2.45) is 5.14 Å². The first kappa shape index (κ1) is 21.4. The van der Waals surface area contributed by atoms with Gasteiger partial charge < -0.3 is 15.5 Å². The smallest absolute Gasteiger partial charge is 0.215 e. The van der Waals surface area contributed by atoms with Gasteiger partial charge in [-0.05, 0) is 71.3 Å². The summed E-state index contributed by atoms with van der Waals surface area (Å²) in [5.74, 6) is -1.74. The monoisotopic (exact) mass is 524 g/mol. The highest BCUT2D eigenvalue weighted by atomic mass is 127. The molecule has 152 valence electrons. The summed E-state index contributed by atoms with van der Waals surface area (Å²) in [7, 11) is -4.07. The number of aliphatic hydroxyl groups excluding tert-OH is 2. The van der Waals surface area contributed by atoms with Gasteiger partial charge in [0.2, 0.25) is 10.0 Å². The topological polar surface area (TPSA) is 113 Å². The van der Waals surface area contributed by atoms with Gasteiger partial charge in [0, 0.05) is 15.2 Å². The van der Waals surface area contributed by atoms with Crippen LogP contribution in [-0.2, 0) is 10.0 Å². The molecule has 0 amide bonds. The highest BCUT2D eigenvalue weighted by Crippen LogP contribution is 2.60. The summed E-state index contributed by atoms with van der Waals surface area (Å²) >= 11 is 1.96. The minimum atomic E-state index is -4.07. The maximum absolute atomic E-state index is 14.2. The molecule has 5 N–H and O–H groups in total. The van der Waals surface area contributed by atoms with Crippen LogP contribution in [0.1, 0.15) is 24.3 Å². The lowest BCUT2D eigenvalue weighted by Gasteiger charge is -2.20. The number of rotatable bonds is 7. The summed E-state index contributed by atoms with van der Waals surface area (Å²) in [6.07, 6.45) is -1.39. The van der Waals surface area contributed by atoms with Gasteiger partial charge in [-0.15, -0.1) is 0 Å². The molecule has 0 saturated heterocycles. The number of sulfonamides is 1. The minimum Gasteiger partial charge on any atom is -0.394 e. The Morgan fingerprint density at radius 2 is 1.96 bits per heavy atom. The molecule has 0 heterocycles. The molecule has 0 aliphatic heterocycles. The molecule has 10 heteroatoms. The van der Waals surface area contributed by atoms with Crippen molar-refractivity contribution in [3.8, 4) is 0 Å². The van der Waals surface area contributed by atoms with Crippen molar-refractivity contribution in [3.05, 3.63) is 57.2 Å². The third kappa shape index (κ3) is 4.15. The zero-order valence-electron chi connectivity index (χ0n) is 14.6. The van der Waals surface area contributed by atoms with Crippen LogP contribution < -0.4 is 10.5 Å². The Bertz CT molecular complexity index is 1010. The van der Waals surface area contributed by atoms with Crippen LogP contribution in [0.25, 0.3) is 0 Å². The lowest BCUT2D eigenvalue weighted by atomic mass is 10.0. The number of primary sulfonamides is 1. The molecule has 3 unspecified atom stereocenters. The molecule has 2 aromatic carbocycles. The number of anilines is 2. The molecule has 0 spiro atoms. The van der Waals surface area contributed by atoms with Gasteiger partial charge in [-0.25, -0.2) is 22.3 Å². The molecule has 1 fully saturated rings. The van der Waals surface area contributed by atoms with Gasteiger partial charge >= 0.3 is 0 Å². The lowest BCUT2D eigenvalue weighted by molar-refractivity contribution is 0.0853. The molecule has 3 atom stereocenters. The van der Waals surface area contributed by atoms with E-state index in [9.17, 15) is 22.3 Å². The SMILES string of the molecule is NS(=O)(=O)C1(CC(O)CO)CC1c1ccc(F)cc1Nc1ccc(I)cc1F. The number of nitrogens with two attached hydrogens (primary N) is 1. The van der Waals surface area contributed by atoms with Crippen LogP contribution in [0.15, 0.2) is 36.4 Å². The predicted octanol–water partition coefficient (Wildman–Crippen LogP) is 2.57. The van der Waals surface area contributed by atoms with Crippen molar-refractivity contribution in [2.75, 3.05) is 11.9 Å². The molecule has 0 radical (unpaired) electrons. The van der Waals surface area contributed by atoms with Gasteiger partial charge in [-0.1, -0.05) is 6.07 Å². The summed E-state index contributed by atoms with van der Waals surface area (Å²) in [4.78, 5) is 0. The van der Waals surface area contributed by atoms with Crippen LogP contribution in [0.3, 0.4) is 0 Å². The average Bonchev–Trinajstić information content (AvgIpc) is 3.32. The maximum Gasteiger partial charge on any atom is 0.215 e. The molecule has 2 aromatic rings. The Balaban J connectivity index is 1.99. The Morgan fingerprint density at radius 1 is 1.25 bits per heavy atom. The van der Waals surface area contributed by atoms with E-state index in [1.54, 1.807) is 6.07 Å². The third-order valence-electron chi connectivity index (χ3n) is 4.97. The van der Waals surface area contributed by atoms with Crippen LogP contribution in [0, 0.1) is 15.2 Å². The second kappa shape index (κ2) is 7.82. The van der Waals surface area contributed by atoms with Crippen molar-refractivity contribution in [1.29, 1.82) is 0 Å². The minimum absolute atomic E-state index is 0.110. The Hall–Kier alpha value is -1.34. The van der Waals surface area contributed by atoms with Gasteiger partial charge in [0.05, 0.1) is 23.1 Å².